The number of alkyl carbamates (subject to hydrolysis) is 2. The first kappa shape index (κ1) is 25.8. The number of hydrogen-bond acceptors (Lipinski definition) is 5. The fraction of sp³-hybridized carbons (Fsp3) is 0.842. The third-order valence-electron chi connectivity index (χ3n) is 2.90. The molecule has 0 spiro atoms. The molecule has 0 aromatic heterocycles. The second kappa shape index (κ2) is 11.0. The minimum Gasteiger partial charge on any atom is -0.444 e. The summed E-state index contributed by atoms with van der Waals surface area (Å²) < 4.78 is 10.5. The largest absolute Gasteiger partial charge is 0.444 e. The van der Waals surface area contributed by atoms with Crippen molar-refractivity contribution in [2.45, 2.75) is 79.1 Å². The van der Waals surface area contributed by atoms with Gasteiger partial charge in [0.05, 0.1) is 12.1 Å². The van der Waals surface area contributed by atoms with Gasteiger partial charge in [0, 0.05) is 19.6 Å². The Kier molecular flexibility index (Phi) is 10.1. The number of ether oxygens (including phenoxy) is 2. The first-order valence-corrected chi connectivity index (χ1v) is 9.64. The number of rotatable bonds is 7. The van der Waals surface area contributed by atoms with E-state index in [1.807, 2.05) is 62.3 Å². The van der Waals surface area contributed by atoms with Gasteiger partial charge in [0.1, 0.15) is 11.2 Å². The first-order chi connectivity index (χ1) is 12.6. The normalized spacial score (nSPS) is 12.8. The van der Waals surface area contributed by atoms with Gasteiger partial charge >= 0.3 is 12.2 Å². The van der Waals surface area contributed by atoms with Crippen LogP contribution >= 0.6 is 0 Å². The van der Waals surface area contributed by atoms with Crippen molar-refractivity contribution in [3.05, 3.63) is 0 Å². The third-order valence-corrected chi connectivity index (χ3v) is 2.90. The maximum Gasteiger partial charge on any atom is 0.408 e. The summed E-state index contributed by atoms with van der Waals surface area (Å²) >= 11 is 0. The Balaban J connectivity index is 4.51. The molecule has 0 aromatic rings. The van der Waals surface area contributed by atoms with Crippen LogP contribution in [0.25, 0.3) is 0 Å². The summed E-state index contributed by atoms with van der Waals surface area (Å²) in [6, 6.07) is 0. The molecule has 164 valence electrons. The lowest BCUT2D eigenvalue weighted by Gasteiger charge is -2.27. The van der Waals surface area contributed by atoms with Crippen LogP contribution in [0.3, 0.4) is 0 Å². The van der Waals surface area contributed by atoms with Crippen LogP contribution in [0.4, 0.5) is 9.59 Å². The van der Waals surface area contributed by atoms with Gasteiger partial charge in [0.2, 0.25) is 0 Å². The van der Waals surface area contributed by atoms with Crippen LogP contribution in [-0.4, -0.2) is 61.1 Å². The fourth-order valence-electron chi connectivity index (χ4n) is 1.90. The van der Waals surface area contributed by atoms with Gasteiger partial charge in [-0.1, -0.05) is 0 Å². The molecule has 0 atom stereocenters. The van der Waals surface area contributed by atoms with E-state index in [1.54, 1.807) is 0 Å². The molecule has 0 fully saturated rings. The number of aliphatic imine (C=N–C) groups is 1. The lowest BCUT2D eigenvalue weighted by atomic mass is 10.1. The highest BCUT2D eigenvalue weighted by atomic mass is 16.6. The highest BCUT2D eigenvalue weighted by Gasteiger charge is 2.24. The monoisotopic (exact) mass is 401 g/mol. The number of amides is 2. The Bertz CT molecular complexity index is 533. The number of carbonyl (C=O) groups is 2. The van der Waals surface area contributed by atoms with E-state index in [0.29, 0.717) is 32.1 Å². The number of nitrogens with zero attached hydrogens (tertiary/aromatic N) is 1. The van der Waals surface area contributed by atoms with Crippen molar-refractivity contribution in [1.29, 1.82) is 0 Å². The fourth-order valence-corrected chi connectivity index (χ4v) is 1.90. The van der Waals surface area contributed by atoms with Crippen LogP contribution in [-0.2, 0) is 9.47 Å². The lowest BCUT2D eigenvalue weighted by molar-refractivity contribution is 0.0473. The number of hydrogen-bond donors (Lipinski definition) is 4. The van der Waals surface area contributed by atoms with E-state index >= 15 is 0 Å². The van der Waals surface area contributed by atoms with Gasteiger partial charge in [-0.15, -0.1) is 0 Å². The van der Waals surface area contributed by atoms with Crippen LogP contribution < -0.4 is 21.3 Å². The summed E-state index contributed by atoms with van der Waals surface area (Å²) in [7, 11) is 0. The summed E-state index contributed by atoms with van der Waals surface area (Å²) in [6.45, 7) is 18.5. The molecule has 0 saturated heterocycles. The van der Waals surface area contributed by atoms with Gasteiger partial charge in [0.15, 0.2) is 5.96 Å². The zero-order chi connectivity index (χ0) is 22.0. The summed E-state index contributed by atoms with van der Waals surface area (Å²) in [6.07, 6.45) is -0.939. The summed E-state index contributed by atoms with van der Waals surface area (Å²) in [5.74, 6) is 0.590. The number of carbonyl (C=O) groups excluding carboxylic acids is 2. The number of guanidine groups is 1. The van der Waals surface area contributed by atoms with E-state index in [2.05, 4.69) is 26.3 Å². The Morgan fingerprint density at radius 2 is 1.29 bits per heavy atom. The van der Waals surface area contributed by atoms with Crippen LogP contribution in [0.2, 0.25) is 0 Å². The van der Waals surface area contributed by atoms with Crippen LogP contribution in [0, 0.1) is 0 Å². The van der Waals surface area contributed by atoms with Gasteiger partial charge in [-0.3, -0.25) is 4.99 Å². The van der Waals surface area contributed by atoms with Crippen molar-refractivity contribution in [2.75, 3.05) is 26.2 Å². The SMILES string of the molecule is CCNC(=NCC(C)(C)NC(=O)OC(C)(C)C)NCCNC(=O)OC(C)(C)C. The highest BCUT2D eigenvalue weighted by molar-refractivity contribution is 5.80. The highest BCUT2D eigenvalue weighted by Crippen LogP contribution is 2.10. The van der Waals surface area contributed by atoms with E-state index in [4.69, 9.17) is 9.47 Å². The zero-order valence-electron chi connectivity index (χ0n) is 18.9. The Morgan fingerprint density at radius 1 is 0.786 bits per heavy atom. The molecular weight excluding hydrogens is 362 g/mol. The summed E-state index contributed by atoms with van der Waals surface area (Å²) in [4.78, 5) is 28.1. The van der Waals surface area contributed by atoms with E-state index in [0.717, 1.165) is 0 Å². The maximum absolute atomic E-state index is 12.0. The molecule has 4 N–H and O–H groups in total. The molecule has 0 aliphatic rings. The average molecular weight is 402 g/mol. The molecule has 9 heteroatoms. The van der Waals surface area contributed by atoms with Gasteiger partial charge in [-0.2, -0.15) is 0 Å². The Hall–Kier alpha value is -2.19. The van der Waals surface area contributed by atoms with Crippen LogP contribution in [0.5, 0.6) is 0 Å². The summed E-state index contributed by atoms with van der Waals surface area (Å²) in [5.41, 5.74) is -1.67. The lowest BCUT2D eigenvalue weighted by Crippen LogP contribution is -2.49. The van der Waals surface area contributed by atoms with Gasteiger partial charge < -0.3 is 30.7 Å². The quantitative estimate of drug-likeness (QED) is 0.296. The molecule has 0 aliphatic carbocycles. The molecule has 9 nitrogen and oxygen atoms in total. The molecule has 0 bridgehead atoms. The van der Waals surface area contributed by atoms with E-state index in [1.165, 1.54) is 0 Å². The average Bonchev–Trinajstić information content (AvgIpc) is 2.44. The maximum atomic E-state index is 12.0. The van der Waals surface area contributed by atoms with E-state index in [9.17, 15) is 9.59 Å². The van der Waals surface area contributed by atoms with Crippen molar-refractivity contribution in [3.63, 3.8) is 0 Å². The van der Waals surface area contributed by atoms with Crippen molar-refractivity contribution >= 4 is 18.1 Å². The third kappa shape index (κ3) is 14.9. The molecule has 28 heavy (non-hydrogen) atoms. The van der Waals surface area contributed by atoms with Crippen LogP contribution in [0.1, 0.15) is 62.3 Å². The van der Waals surface area contributed by atoms with Gasteiger partial charge in [-0.25, -0.2) is 9.59 Å². The van der Waals surface area contributed by atoms with Crippen molar-refractivity contribution in [1.82, 2.24) is 21.3 Å². The number of nitrogens with one attached hydrogen (secondary N) is 4. The molecule has 0 radical (unpaired) electrons. The minimum absolute atomic E-state index is 0.348. The Labute approximate surface area is 169 Å². The molecule has 0 aromatic carbocycles. The van der Waals surface area contributed by atoms with E-state index in [-0.39, 0.29) is 0 Å². The molecule has 0 unspecified atom stereocenters. The first-order valence-electron chi connectivity index (χ1n) is 9.64. The molecular formula is C19H39N5O4. The smallest absolute Gasteiger partial charge is 0.408 e. The molecule has 2 amide bonds. The predicted octanol–water partition coefficient (Wildman–Crippen LogP) is 2.37. The molecule has 0 rings (SSSR count). The van der Waals surface area contributed by atoms with Crippen molar-refractivity contribution < 1.29 is 19.1 Å². The standard InChI is InChI=1S/C19H39N5O4/c1-10-20-14(21-11-12-22-15(25)27-17(2,3)4)23-13-19(8,9)24-16(26)28-18(5,6)7/h10-13H2,1-9H3,(H,22,25)(H,24,26)(H2,20,21,23). The second-order valence-electron chi connectivity index (χ2n) is 9.06. The van der Waals surface area contributed by atoms with Crippen LogP contribution in [0.15, 0.2) is 4.99 Å². The molecule has 0 saturated carbocycles. The molecule has 0 aliphatic heterocycles. The summed E-state index contributed by atoms with van der Waals surface area (Å²) in [5, 5.41) is 11.7. The van der Waals surface area contributed by atoms with Gasteiger partial charge in [0.25, 0.3) is 0 Å². The van der Waals surface area contributed by atoms with E-state index < -0.39 is 28.9 Å². The van der Waals surface area contributed by atoms with Gasteiger partial charge in [-0.05, 0) is 62.3 Å². The van der Waals surface area contributed by atoms with Crippen molar-refractivity contribution in [2.24, 2.45) is 4.99 Å². The zero-order valence-corrected chi connectivity index (χ0v) is 18.9. The minimum atomic E-state index is -0.584. The topological polar surface area (TPSA) is 113 Å². The predicted molar refractivity (Wildman–Crippen MR) is 112 cm³/mol. The second-order valence-corrected chi connectivity index (χ2v) is 9.06. The Morgan fingerprint density at radius 3 is 1.79 bits per heavy atom. The molecule has 0 heterocycles. The van der Waals surface area contributed by atoms with Crippen molar-refractivity contribution in [3.8, 4) is 0 Å².